The Morgan fingerprint density at radius 1 is 1.17 bits per heavy atom. The summed E-state index contributed by atoms with van der Waals surface area (Å²) in [5.41, 5.74) is 3.16. The fourth-order valence-corrected chi connectivity index (χ4v) is 2.32. The van der Waals surface area contributed by atoms with Crippen LogP contribution < -0.4 is 10.6 Å². The van der Waals surface area contributed by atoms with Crippen LogP contribution in [0.3, 0.4) is 0 Å². The van der Waals surface area contributed by atoms with Gasteiger partial charge in [-0.05, 0) is 68.0 Å². The molecule has 6 heteroatoms. The number of nitrogens with one attached hydrogen (secondary N) is 2. The van der Waals surface area contributed by atoms with Gasteiger partial charge in [0.25, 0.3) is 0 Å². The van der Waals surface area contributed by atoms with Gasteiger partial charge in [-0.3, -0.25) is 0 Å². The summed E-state index contributed by atoms with van der Waals surface area (Å²) in [6.45, 7) is 4.09. The molecule has 2 aromatic carbocycles. The molecular weight excluding hydrogens is 332 g/mol. The zero-order valence-corrected chi connectivity index (χ0v) is 14.4. The summed E-state index contributed by atoms with van der Waals surface area (Å²) < 4.78 is 4.94. The van der Waals surface area contributed by atoms with E-state index in [1.807, 2.05) is 25.1 Å². The fraction of sp³-hybridized carbons (Fsp3) is 0.176. The first-order valence-electron chi connectivity index (χ1n) is 7.11. The number of aryl methyl sites for hydroxylation is 1. The number of hydrogen-bond donors (Lipinski definition) is 2. The maximum absolute atomic E-state index is 11.6. The standard InChI is InChI=1S/C17H17ClN2O2S/c1-3-22-16(21)12-5-8-14(9-6-12)19-17(23)20-15-10-13(18)7-4-11(15)2/h4-10H,3H2,1-2H3,(H2,19,20,23). The number of carbonyl (C=O) groups excluding carboxylic acids is 1. The highest BCUT2D eigenvalue weighted by Gasteiger charge is 2.07. The molecule has 0 aromatic heterocycles. The van der Waals surface area contributed by atoms with Gasteiger partial charge in [0.1, 0.15) is 0 Å². The van der Waals surface area contributed by atoms with Gasteiger partial charge in [0.05, 0.1) is 12.2 Å². The molecule has 0 atom stereocenters. The third kappa shape index (κ3) is 4.94. The van der Waals surface area contributed by atoms with Crippen LogP contribution in [-0.2, 0) is 4.74 Å². The maximum atomic E-state index is 11.6. The third-order valence-corrected chi connectivity index (χ3v) is 3.54. The summed E-state index contributed by atoms with van der Waals surface area (Å²) in [6, 6.07) is 12.5. The molecule has 2 rings (SSSR count). The molecule has 23 heavy (non-hydrogen) atoms. The van der Waals surface area contributed by atoms with Crippen LogP contribution in [0, 0.1) is 6.92 Å². The van der Waals surface area contributed by atoms with Crippen LogP contribution in [0.15, 0.2) is 42.5 Å². The molecule has 0 aliphatic carbocycles. The zero-order chi connectivity index (χ0) is 16.8. The van der Waals surface area contributed by atoms with E-state index < -0.39 is 0 Å². The Balaban J connectivity index is 2.00. The Hall–Kier alpha value is -2.11. The van der Waals surface area contributed by atoms with Crippen LogP contribution >= 0.6 is 23.8 Å². The van der Waals surface area contributed by atoms with Crippen molar-refractivity contribution < 1.29 is 9.53 Å². The van der Waals surface area contributed by atoms with Gasteiger partial charge in [-0.25, -0.2) is 4.79 Å². The summed E-state index contributed by atoms with van der Waals surface area (Å²) in [5.74, 6) is -0.339. The normalized spacial score (nSPS) is 10.0. The molecule has 0 heterocycles. The average molecular weight is 349 g/mol. The van der Waals surface area contributed by atoms with E-state index in [-0.39, 0.29) is 5.97 Å². The first-order chi connectivity index (χ1) is 11.0. The fourth-order valence-electron chi connectivity index (χ4n) is 1.92. The van der Waals surface area contributed by atoms with E-state index in [1.165, 1.54) is 0 Å². The number of ether oxygens (including phenoxy) is 1. The smallest absolute Gasteiger partial charge is 0.338 e. The van der Waals surface area contributed by atoms with Crippen molar-refractivity contribution >= 4 is 46.3 Å². The number of hydrogen-bond acceptors (Lipinski definition) is 3. The molecule has 0 radical (unpaired) electrons. The zero-order valence-electron chi connectivity index (χ0n) is 12.9. The van der Waals surface area contributed by atoms with Crippen LogP contribution in [-0.4, -0.2) is 17.7 Å². The number of carbonyl (C=O) groups is 1. The SMILES string of the molecule is CCOC(=O)c1ccc(NC(=S)Nc2cc(Cl)ccc2C)cc1. The van der Waals surface area contributed by atoms with Gasteiger partial charge in [-0.15, -0.1) is 0 Å². The van der Waals surface area contributed by atoms with E-state index in [1.54, 1.807) is 31.2 Å². The summed E-state index contributed by atoms with van der Waals surface area (Å²) in [4.78, 5) is 11.6. The maximum Gasteiger partial charge on any atom is 0.338 e. The largest absolute Gasteiger partial charge is 0.462 e. The summed E-state index contributed by atoms with van der Waals surface area (Å²) in [7, 11) is 0. The van der Waals surface area contributed by atoms with Gasteiger partial charge in [0.2, 0.25) is 0 Å². The molecule has 0 amide bonds. The van der Waals surface area contributed by atoms with E-state index in [0.29, 0.717) is 22.3 Å². The highest BCUT2D eigenvalue weighted by Crippen LogP contribution is 2.20. The van der Waals surface area contributed by atoms with E-state index in [0.717, 1.165) is 16.9 Å². The monoisotopic (exact) mass is 348 g/mol. The Morgan fingerprint density at radius 2 is 1.87 bits per heavy atom. The van der Waals surface area contributed by atoms with Gasteiger partial charge in [-0.2, -0.15) is 0 Å². The molecule has 0 spiro atoms. The molecule has 4 nitrogen and oxygen atoms in total. The second-order valence-electron chi connectivity index (χ2n) is 4.84. The minimum Gasteiger partial charge on any atom is -0.462 e. The molecule has 120 valence electrons. The van der Waals surface area contributed by atoms with Crippen molar-refractivity contribution in [2.24, 2.45) is 0 Å². The molecule has 0 saturated heterocycles. The molecule has 0 bridgehead atoms. The molecular formula is C17H17ClN2O2S. The number of esters is 1. The molecule has 2 N–H and O–H groups in total. The van der Waals surface area contributed by atoms with Gasteiger partial charge in [0.15, 0.2) is 5.11 Å². The molecule has 2 aromatic rings. The number of thiocarbonyl (C=S) groups is 1. The minimum absolute atomic E-state index is 0.339. The van der Waals surface area contributed by atoms with Crippen LogP contribution in [0.1, 0.15) is 22.8 Å². The van der Waals surface area contributed by atoms with E-state index in [2.05, 4.69) is 10.6 Å². The first kappa shape index (κ1) is 17.2. The Bertz CT molecular complexity index is 717. The van der Waals surface area contributed by atoms with E-state index in [9.17, 15) is 4.79 Å². The van der Waals surface area contributed by atoms with Crippen molar-refractivity contribution in [3.8, 4) is 0 Å². The van der Waals surface area contributed by atoms with Crippen LogP contribution in [0.25, 0.3) is 0 Å². The molecule has 0 aliphatic heterocycles. The Labute approximate surface area is 145 Å². The topological polar surface area (TPSA) is 50.4 Å². The van der Waals surface area contributed by atoms with Gasteiger partial charge in [-0.1, -0.05) is 17.7 Å². The van der Waals surface area contributed by atoms with Gasteiger partial charge >= 0.3 is 5.97 Å². The molecule has 0 saturated carbocycles. The number of benzene rings is 2. The Kier molecular flexibility index (Phi) is 5.96. The van der Waals surface area contributed by atoms with Crippen LogP contribution in [0.4, 0.5) is 11.4 Å². The van der Waals surface area contributed by atoms with Crippen LogP contribution in [0.5, 0.6) is 0 Å². The summed E-state index contributed by atoms with van der Waals surface area (Å²) >= 11 is 11.3. The lowest BCUT2D eigenvalue weighted by molar-refractivity contribution is 0.0526. The van der Waals surface area contributed by atoms with Crippen molar-refractivity contribution in [2.75, 3.05) is 17.2 Å². The Morgan fingerprint density at radius 3 is 2.52 bits per heavy atom. The summed E-state index contributed by atoms with van der Waals surface area (Å²) in [6.07, 6.45) is 0. The summed E-state index contributed by atoms with van der Waals surface area (Å²) in [5, 5.41) is 7.24. The van der Waals surface area contributed by atoms with E-state index >= 15 is 0 Å². The highest BCUT2D eigenvalue weighted by atomic mass is 35.5. The number of anilines is 2. The highest BCUT2D eigenvalue weighted by molar-refractivity contribution is 7.80. The average Bonchev–Trinajstić information content (AvgIpc) is 2.52. The minimum atomic E-state index is -0.339. The first-order valence-corrected chi connectivity index (χ1v) is 7.89. The molecule has 0 unspecified atom stereocenters. The van der Waals surface area contributed by atoms with Crippen molar-refractivity contribution in [1.29, 1.82) is 0 Å². The van der Waals surface area contributed by atoms with Crippen molar-refractivity contribution in [3.05, 3.63) is 58.6 Å². The number of halogens is 1. The van der Waals surface area contributed by atoms with Crippen molar-refractivity contribution in [2.45, 2.75) is 13.8 Å². The second-order valence-corrected chi connectivity index (χ2v) is 5.68. The lowest BCUT2D eigenvalue weighted by atomic mass is 10.2. The van der Waals surface area contributed by atoms with Crippen LogP contribution in [0.2, 0.25) is 5.02 Å². The lowest BCUT2D eigenvalue weighted by Crippen LogP contribution is -2.19. The second kappa shape index (κ2) is 7.94. The van der Waals surface area contributed by atoms with Gasteiger partial charge in [0, 0.05) is 16.4 Å². The van der Waals surface area contributed by atoms with Crippen molar-refractivity contribution in [3.63, 3.8) is 0 Å². The molecule has 0 fully saturated rings. The quantitative estimate of drug-likeness (QED) is 0.623. The lowest BCUT2D eigenvalue weighted by Gasteiger charge is -2.13. The van der Waals surface area contributed by atoms with E-state index in [4.69, 9.17) is 28.6 Å². The number of rotatable bonds is 4. The van der Waals surface area contributed by atoms with Crippen molar-refractivity contribution in [1.82, 2.24) is 0 Å². The molecule has 0 aliphatic rings. The third-order valence-electron chi connectivity index (χ3n) is 3.10. The van der Waals surface area contributed by atoms with Gasteiger partial charge < -0.3 is 15.4 Å². The predicted molar refractivity (Wildman–Crippen MR) is 98.4 cm³/mol. The predicted octanol–water partition coefficient (Wildman–Crippen LogP) is 4.63.